The molecule has 4 heterocycles. The van der Waals surface area contributed by atoms with Crippen molar-refractivity contribution in [3.63, 3.8) is 0 Å². The molecule has 216 valence electrons. The van der Waals surface area contributed by atoms with Crippen LogP contribution in [0, 0.1) is 23.6 Å². The molecular weight excluding hydrogens is 537 g/mol. The molecule has 5 rings (SSSR count). The molecule has 0 radical (unpaired) electrons. The van der Waals surface area contributed by atoms with Crippen molar-refractivity contribution < 1.29 is 33.7 Å². The van der Waals surface area contributed by atoms with Gasteiger partial charge >= 0.3 is 6.09 Å². The Hall–Kier alpha value is -4.32. The van der Waals surface area contributed by atoms with Gasteiger partial charge in [0.15, 0.2) is 23.8 Å². The number of carbonyl (C=O) groups is 2. The van der Waals surface area contributed by atoms with E-state index in [0.717, 1.165) is 12.8 Å². The van der Waals surface area contributed by atoms with Crippen LogP contribution in [0.5, 0.6) is 5.75 Å². The van der Waals surface area contributed by atoms with E-state index < -0.39 is 42.4 Å². The lowest BCUT2D eigenvalue weighted by Crippen LogP contribution is -2.42. The topological polar surface area (TPSA) is 178 Å². The molecule has 0 spiro atoms. The molecule has 3 aromatic rings. The average molecular weight is 568 g/mol. The van der Waals surface area contributed by atoms with Gasteiger partial charge in [0.25, 0.3) is 5.91 Å². The number of nitrogens with two attached hydrogens (primary N) is 1. The lowest BCUT2D eigenvalue weighted by Gasteiger charge is -2.30. The summed E-state index contributed by atoms with van der Waals surface area (Å²) < 4.78 is 25.4. The van der Waals surface area contributed by atoms with Gasteiger partial charge in [-0.15, -0.1) is 0 Å². The summed E-state index contributed by atoms with van der Waals surface area (Å²) in [6.07, 6.45) is -2.37. The summed E-state index contributed by atoms with van der Waals surface area (Å²) in [5, 5.41) is 23.5. The highest BCUT2D eigenvalue weighted by atomic mass is 19.1. The summed E-state index contributed by atoms with van der Waals surface area (Å²) in [7, 11) is 0. The van der Waals surface area contributed by atoms with Crippen molar-refractivity contribution in [3.05, 3.63) is 42.2 Å². The van der Waals surface area contributed by atoms with Gasteiger partial charge in [0.05, 0.1) is 6.33 Å². The minimum atomic E-state index is -1.45. The molecule has 14 heteroatoms. The summed E-state index contributed by atoms with van der Waals surface area (Å²) in [5.41, 5.74) is 6.59. The molecule has 2 aromatic heterocycles. The number of benzene rings is 1. The number of anilines is 1. The number of halogens is 1. The SMILES string of the molecule is CCNC(=O)[C@H]1O[C@@H](n2cnc3c(N)nc(C#CCC4CCN(C(=O)Oc5ccc(F)cc5)CC4)nc32)C(O)[C@H]1O. The number of aromatic nitrogens is 4. The van der Waals surface area contributed by atoms with Gasteiger partial charge < -0.3 is 35.6 Å². The molecule has 13 nitrogen and oxygen atoms in total. The first-order valence-electron chi connectivity index (χ1n) is 13.3. The van der Waals surface area contributed by atoms with Gasteiger partial charge in [-0.2, -0.15) is 0 Å². The smallest absolute Gasteiger partial charge is 0.410 e. The fourth-order valence-electron chi connectivity index (χ4n) is 4.82. The zero-order valence-corrected chi connectivity index (χ0v) is 22.2. The van der Waals surface area contributed by atoms with E-state index in [1.54, 1.807) is 11.8 Å². The summed E-state index contributed by atoms with van der Waals surface area (Å²) in [6.45, 7) is 3.09. The van der Waals surface area contributed by atoms with Gasteiger partial charge in [0.1, 0.15) is 29.3 Å². The Morgan fingerprint density at radius 2 is 1.93 bits per heavy atom. The van der Waals surface area contributed by atoms with Crippen LogP contribution in [0.2, 0.25) is 0 Å². The Balaban J connectivity index is 1.21. The van der Waals surface area contributed by atoms with Crippen molar-refractivity contribution in [2.45, 2.75) is 50.7 Å². The van der Waals surface area contributed by atoms with E-state index in [-0.39, 0.29) is 34.5 Å². The number of aliphatic hydroxyl groups excluding tert-OH is 2. The number of nitrogens with one attached hydrogen (secondary N) is 1. The highest BCUT2D eigenvalue weighted by molar-refractivity contribution is 5.83. The lowest BCUT2D eigenvalue weighted by atomic mass is 9.94. The van der Waals surface area contributed by atoms with Crippen molar-refractivity contribution in [3.8, 4) is 17.6 Å². The Morgan fingerprint density at radius 3 is 2.63 bits per heavy atom. The summed E-state index contributed by atoms with van der Waals surface area (Å²) in [5.74, 6) is 5.82. The third-order valence-corrected chi connectivity index (χ3v) is 7.05. The maximum Gasteiger partial charge on any atom is 0.415 e. The van der Waals surface area contributed by atoms with Crippen LogP contribution in [-0.4, -0.2) is 84.6 Å². The zero-order chi connectivity index (χ0) is 29.1. The zero-order valence-electron chi connectivity index (χ0n) is 22.2. The largest absolute Gasteiger partial charge is 0.415 e. The number of piperidine rings is 1. The van der Waals surface area contributed by atoms with E-state index in [9.17, 15) is 24.2 Å². The predicted molar refractivity (Wildman–Crippen MR) is 143 cm³/mol. The van der Waals surface area contributed by atoms with Crippen LogP contribution in [0.15, 0.2) is 30.6 Å². The highest BCUT2D eigenvalue weighted by Crippen LogP contribution is 2.32. The Morgan fingerprint density at radius 1 is 1.20 bits per heavy atom. The molecule has 0 aliphatic carbocycles. The minimum Gasteiger partial charge on any atom is -0.410 e. The molecular formula is C27H30FN7O6. The Labute approximate surface area is 234 Å². The van der Waals surface area contributed by atoms with Gasteiger partial charge in [-0.25, -0.2) is 24.1 Å². The number of aliphatic hydroxyl groups is 2. The Kier molecular flexibility index (Phi) is 8.29. The second-order valence-corrected chi connectivity index (χ2v) is 9.84. The minimum absolute atomic E-state index is 0.0827. The fraction of sp³-hybridized carbons (Fsp3) is 0.444. The second kappa shape index (κ2) is 12.0. The van der Waals surface area contributed by atoms with Crippen LogP contribution >= 0.6 is 0 Å². The normalized spacial score (nSPS) is 22.8. The van der Waals surface area contributed by atoms with Gasteiger partial charge in [-0.3, -0.25) is 9.36 Å². The molecule has 4 atom stereocenters. The van der Waals surface area contributed by atoms with Gasteiger partial charge in [0, 0.05) is 26.1 Å². The van der Waals surface area contributed by atoms with E-state index in [0.29, 0.717) is 26.1 Å². The molecule has 41 heavy (non-hydrogen) atoms. The quantitative estimate of drug-likeness (QED) is 0.325. The number of imidazole rings is 1. The lowest BCUT2D eigenvalue weighted by molar-refractivity contribution is -0.137. The first-order chi connectivity index (χ1) is 19.7. The maximum atomic E-state index is 13.1. The summed E-state index contributed by atoms with van der Waals surface area (Å²) in [4.78, 5) is 39.1. The number of nitrogens with zero attached hydrogens (tertiary/aromatic N) is 5. The van der Waals surface area contributed by atoms with Crippen LogP contribution in [0.4, 0.5) is 15.0 Å². The second-order valence-electron chi connectivity index (χ2n) is 9.84. The standard InChI is InChI=1S/C27H30FN7O6/c1-2-30-25(38)22-20(36)21(37)26(41-22)35-14-31-19-23(29)32-18(33-24(19)35)5-3-4-15-10-12-34(13-11-15)27(39)40-17-8-6-16(28)7-9-17/h6-9,14-15,20-22,26,36-37H,2,4,10-13H2,1H3,(H,30,38)(H2,29,32,33)/t20-,21?,22+,26-/m1/s1. The van der Waals surface area contributed by atoms with Crippen molar-refractivity contribution >= 4 is 29.0 Å². The van der Waals surface area contributed by atoms with E-state index in [1.165, 1.54) is 35.2 Å². The third kappa shape index (κ3) is 6.07. The van der Waals surface area contributed by atoms with Crippen molar-refractivity contribution in [1.82, 2.24) is 29.7 Å². The molecule has 0 saturated carbocycles. The van der Waals surface area contributed by atoms with Crippen molar-refractivity contribution in [2.75, 3.05) is 25.4 Å². The number of amides is 2. The molecule has 5 N–H and O–H groups in total. The van der Waals surface area contributed by atoms with E-state index in [4.69, 9.17) is 15.2 Å². The number of rotatable bonds is 5. The fourth-order valence-corrected chi connectivity index (χ4v) is 4.82. The summed E-state index contributed by atoms with van der Waals surface area (Å²) >= 11 is 0. The van der Waals surface area contributed by atoms with Gasteiger partial charge in [0.2, 0.25) is 5.82 Å². The number of carbonyl (C=O) groups excluding carboxylic acids is 2. The van der Waals surface area contributed by atoms with Gasteiger partial charge in [-0.1, -0.05) is 5.92 Å². The number of ether oxygens (including phenoxy) is 2. The first-order valence-corrected chi connectivity index (χ1v) is 13.3. The first kappa shape index (κ1) is 28.2. The monoisotopic (exact) mass is 567 g/mol. The number of nitrogen functional groups attached to an aromatic ring is 1. The number of hydrogen-bond donors (Lipinski definition) is 4. The Bertz CT molecular complexity index is 1480. The molecule has 2 fully saturated rings. The number of likely N-dealkylation sites (tertiary alicyclic amines) is 1. The van der Waals surface area contributed by atoms with Crippen molar-refractivity contribution in [2.24, 2.45) is 5.92 Å². The molecule has 2 saturated heterocycles. The van der Waals surface area contributed by atoms with E-state index in [1.807, 2.05) is 0 Å². The van der Waals surface area contributed by atoms with Crippen LogP contribution < -0.4 is 15.8 Å². The maximum absolute atomic E-state index is 13.1. The van der Waals surface area contributed by atoms with Crippen LogP contribution in [0.3, 0.4) is 0 Å². The number of hydrogen-bond acceptors (Lipinski definition) is 10. The molecule has 1 unspecified atom stereocenters. The average Bonchev–Trinajstić information content (AvgIpc) is 3.51. The molecule has 1 aromatic carbocycles. The number of likely N-dealkylation sites (N-methyl/N-ethyl adjacent to an activating group) is 1. The van der Waals surface area contributed by atoms with E-state index in [2.05, 4.69) is 32.1 Å². The number of fused-ring (bicyclic) bond motifs is 1. The highest BCUT2D eigenvalue weighted by Gasteiger charge is 2.47. The van der Waals surface area contributed by atoms with E-state index >= 15 is 0 Å². The molecule has 0 bridgehead atoms. The predicted octanol–water partition coefficient (Wildman–Crippen LogP) is 0.955. The van der Waals surface area contributed by atoms with Crippen LogP contribution in [0.1, 0.15) is 38.2 Å². The van der Waals surface area contributed by atoms with Gasteiger partial charge in [-0.05, 0) is 55.9 Å². The summed E-state index contributed by atoms with van der Waals surface area (Å²) in [6, 6.07) is 5.28. The van der Waals surface area contributed by atoms with Crippen molar-refractivity contribution in [1.29, 1.82) is 0 Å². The molecule has 2 aliphatic heterocycles. The molecule has 2 aliphatic rings. The molecule has 2 amide bonds. The van der Waals surface area contributed by atoms with Crippen LogP contribution in [-0.2, 0) is 9.53 Å². The third-order valence-electron chi connectivity index (χ3n) is 7.05. The van der Waals surface area contributed by atoms with Crippen LogP contribution in [0.25, 0.3) is 11.2 Å².